The number of amides is 1. The Balaban J connectivity index is 1.69. The molecule has 1 amide bonds. The maximum absolute atomic E-state index is 12.1. The van der Waals surface area contributed by atoms with Crippen molar-refractivity contribution in [1.29, 1.82) is 0 Å². The van der Waals surface area contributed by atoms with Gasteiger partial charge >= 0.3 is 0 Å². The predicted octanol–water partition coefficient (Wildman–Crippen LogP) is 2.02. The van der Waals surface area contributed by atoms with Crippen LogP contribution in [-0.2, 0) is 4.79 Å². The summed E-state index contributed by atoms with van der Waals surface area (Å²) in [5, 5.41) is 3.42. The van der Waals surface area contributed by atoms with E-state index < -0.39 is 0 Å². The van der Waals surface area contributed by atoms with Crippen LogP contribution >= 0.6 is 0 Å². The second-order valence-electron chi connectivity index (χ2n) is 5.84. The van der Waals surface area contributed by atoms with E-state index >= 15 is 0 Å². The molecule has 0 bridgehead atoms. The molecule has 2 heterocycles. The maximum atomic E-state index is 12.1. The summed E-state index contributed by atoms with van der Waals surface area (Å²) >= 11 is 0. The van der Waals surface area contributed by atoms with Crippen LogP contribution in [0.5, 0.6) is 0 Å². The van der Waals surface area contributed by atoms with Crippen LogP contribution in [-0.4, -0.2) is 37.0 Å². The number of piperidine rings is 2. The van der Waals surface area contributed by atoms with Crippen LogP contribution in [0.25, 0.3) is 0 Å². The van der Waals surface area contributed by atoms with E-state index in [0.29, 0.717) is 11.8 Å². The van der Waals surface area contributed by atoms with Gasteiger partial charge in [-0.3, -0.25) is 4.79 Å². The molecule has 1 N–H and O–H groups in total. The molecule has 2 rings (SSSR count). The first-order valence-electron chi connectivity index (χ1n) is 7.24. The van der Waals surface area contributed by atoms with Gasteiger partial charge in [-0.05, 0) is 57.0 Å². The molecule has 3 heteroatoms. The minimum atomic E-state index is 0.391. The summed E-state index contributed by atoms with van der Waals surface area (Å²) in [5.74, 6) is 1.82. The van der Waals surface area contributed by atoms with Crippen molar-refractivity contribution in [2.24, 2.45) is 11.8 Å². The van der Waals surface area contributed by atoms with Gasteiger partial charge in [-0.2, -0.15) is 0 Å². The lowest BCUT2D eigenvalue weighted by atomic mass is 9.94. The van der Waals surface area contributed by atoms with Gasteiger partial charge < -0.3 is 10.2 Å². The van der Waals surface area contributed by atoms with Gasteiger partial charge in [0, 0.05) is 19.5 Å². The average Bonchev–Trinajstić information content (AvgIpc) is 2.37. The van der Waals surface area contributed by atoms with Gasteiger partial charge in [0.25, 0.3) is 0 Å². The van der Waals surface area contributed by atoms with E-state index in [1.165, 1.54) is 25.7 Å². The predicted molar refractivity (Wildman–Crippen MR) is 69.8 cm³/mol. The molecule has 0 spiro atoms. The van der Waals surface area contributed by atoms with Crippen LogP contribution in [0.15, 0.2) is 0 Å². The third kappa shape index (κ3) is 3.98. The number of carbonyl (C=O) groups excluding carboxylic acids is 1. The van der Waals surface area contributed by atoms with Crippen molar-refractivity contribution in [2.75, 3.05) is 26.2 Å². The van der Waals surface area contributed by atoms with E-state index in [0.717, 1.165) is 44.9 Å². The first-order chi connectivity index (χ1) is 8.25. The summed E-state index contributed by atoms with van der Waals surface area (Å²) in [7, 11) is 0. The Bertz CT molecular complexity index is 249. The highest BCUT2D eigenvalue weighted by Gasteiger charge is 2.22. The van der Waals surface area contributed by atoms with E-state index in [2.05, 4.69) is 17.1 Å². The SMILES string of the molecule is CC1CCCN(C(=O)CCC2CCCNC2)C1. The summed E-state index contributed by atoms with van der Waals surface area (Å²) in [5.41, 5.74) is 0. The molecular formula is C14H26N2O. The Morgan fingerprint density at radius 3 is 2.94 bits per heavy atom. The minimum Gasteiger partial charge on any atom is -0.342 e. The molecule has 3 nitrogen and oxygen atoms in total. The third-order valence-electron chi connectivity index (χ3n) is 4.18. The molecule has 0 radical (unpaired) electrons. The standard InChI is InChI=1S/C14H26N2O/c1-12-4-3-9-16(11-12)14(17)7-6-13-5-2-8-15-10-13/h12-13,15H,2-11H2,1H3. The van der Waals surface area contributed by atoms with Gasteiger partial charge in [-0.1, -0.05) is 6.92 Å². The molecular weight excluding hydrogens is 212 g/mol. The molecule has 0 aromatic heterocycles. The Kier molecular flexibility index (Phi) is 4.84. The molecule has 2 saturated heterocycles. The van der Waals surface area contributed by atoms with Crippen molar-refractivity contribution in [3.8, 4) is 0 Å². The van der Waals surface area contributed by atoms with Crippen molar-refractivity contribution in [1.82, 2.24) is 10.2 Å². The highest BCUT2D eigenvalue weighted by Crippen LogP contribution is 2.19. The van der Waals surface area contributed by atoms with Gasteiger partial charge in [0.2, 0.25) is 5.91 Å². The van der Waals surface area contributed by atoms with Crippen LogP contribution in [0.4, 0.5) is 0 Å². The average molecular weight is 238 g/mol. The fraction of sp³-hybridized carbons (Fsp3) is 0.929. The summed E-state index contributed by atoms with van der Waals surface area (Å²) < 4.78 is 0. The first kappa shape index (κ1) is 12.9. The van der Waals surface area contributed by atoms with Crippen molar-refractivity contribution in [3.05, 3.63) is 0 Å². The summed E-state index contributed by atoms with van der Waals surface area (Å²) in [6, 6.07) is 0. The lowest BCUT2D eigenvalue weighted by molar-refractivity contribution is -0.133. The van der Waals surface area contributed by atoms with Gasteiger partial charge in [-0.25, -0.2) is 0 Å². The molecule has 0 saturated carbocycles. The number of hydrogen-bond acceptors (Lipinski definition) is 2. The first-order valence-corrected chi connectivity index (χ1v) is 7.24. The molecule has 17 heavy (non-hydrogen) atoms. The molecule has 2 aliphatic heterocycles. The zero-order valence-electron chi connectivity index (χ0n) is 11.1. The topological polar surface area (TPSA) is 32.3 Å². The molecule has 2 aliphatic rings. The third-order valence-corrected chi connectivity index (χ3v) is 4.18. The van der Waals surface area contributed by atoms with Crippen LogP contribution < -0.4 is 5.32 Å². The van der Waals surface area contributed by atoms with Crippen LogP contribution in [0.2, 0.25) is 0 Å². The van der Waals surface area contributed by atoms with Gasteiger partial charge in [0.15, 0.2) is 0 Å². The zero-order chi connectivity index (χ0) is 12.1. The number of nitrogens with one attached hydrogen (secondary N) is 1. The smallest absolute Gasteiger partial charge is 0.222 e. The Labute approximate surface area is 105 Å². The van der Waals surface area contributed by atoms with Crippen molar-refractivity contribution in [2.45, 2.75) is 45.4 Å². The number of nitrogens with zero attached hydrogens (tertiary/aromatic N) is 1. The van der Waals surface area contributed by atoms with Gasteiger partial charge in [0.1, 0.15) is 0 Å². The largest absolute Gasteiger partial charge is 0.342 e. The summed E-state index contributed by atoms with van der Waals surface area (Å²) in [4.78, 5) is 14.2. The summed E-state index contributed by atoms with van der Waals surface area (Å²) in [6.45, 7) is 6.51. The number of hydrogen-bond donors (Lipinski definition) is 1. The Hall–Kier alpha value is -0.570. The molecule has 98 valence electrons. The van der Waals surface area contributed by atoms with E-state index in [4.69, 9.17) is 0 Å². The van der Waals surface area contributed by atoms with Gasteiger partial charge in [0.05, 0.1) is 0 Å². The molecule has 2 atom stereocenters. The monoisotopic (exact) mass is 238 g/mol. The van der Waals surface area contributed by atoms with Crippen LogP contribution in [0.3, 0.4) is 0 Å². The number of rotatable bonds is 3. The Morgan fingerprint density at radius 2 is 2.24 bits per heavy atom. The maximum Gasteiger partial charge on any atom is 0.222 e. The highest BCUT2D eigenvalue weighted by atomic mass is 16.2. The normalized spacial score (nSPS) is 30.3. The van der Waals surface area contributed by atoms with Crippen molar-refractivity contribution < 1.29 is 4.79 Å². The lowest BCUT2D eigenvalue weighted by Gasteiger charge is -2.31. The second kappa shape index (κ2) is 6.39. The molecule has 2 fully saturated rings. The van der Waals surface area contributed by atoms with E-state index in [-0.39, 0.29) is 0 Å². The second-order valence-corrected chi connectivity index (χ2v) is 5.84. The van der Waals surface area contributed by atoms with Crippen molar-refractivity contribution >= 4 is 5.91 Å². The number of carbonyl (C=O) groups is 1. The Morgan fingerprint density at radius 1 is 1.35 bits per heavy atom. The fourth-order valence-corrected chi connectivity index (χ4v) is 3.07. The van der Waals surface area contributed by atoms with Crippen LogP contribution in [0, 0.1) is 11.8 Å². The lowest BCUT2D eigenvalue weighted by Crippen LogP contribution is -2.39. The highest BCUT2D eigenvalue weighted by molar-refractivity contribution is 5.76. The van der Waals surface area contributed by atoms with Gasteiger partial charge in [-0.15, -0.1) is 0 Å². The fourth-order valence-electron chi connectivity index (χ4n) is 3.07. The van der Waals surface area contributed by atoms with E-state index in [9.17, 15) is 4.79 Å². The van der Waals surface area contributed by atoms with Crippen LogP contribution in [0.1, 0.15) is 45.4 Å². The number of likely N-dealkylation sites (tertiary alicyclic amines) is 1. The molecule has 0 aliphatic carbocycles. The van der Waals surface area contributed by atoms with E-state index in [1.54, 1.807) is 0 Å². The summed E-state index contributed by atoms with van der Waals surface area (Å²) in [6.07, 6.45) is 6.90. The molecule has 2 unspecified atom stereocenters. The van der Waals surface area contributed by atoms with E-state index in [1.807, 2.05) is 0 Å². The molecule has 0 aromatic rings. The van der Waals surface area contributed by atoms with Crippen molar-refractivity contribution in [3.63, 3.8) is 0 Å². The molecule has 0 aromatic carbocycles. The minimum absolute atomic E-state index is 0.391. The zero-order valence-corrected chi connectivity index (χ0v) is 11.1. The quantitative estimate of drug-likeness (QED) is 0.816.